The van der Waals surface area contributed by atoms with Gasteiger partial charge in [0.15, 0.2) is 5.78 Å². The molecule has 1 N–H and O–H groups in total. The van der Waals surface area contributed by atoms with Crippen molar-refractivity contribution in [3.8, 4) is 5.75 Å². The number of aromatic nitrogens is 2. The number of methoxy groups -OCH3 is 1. The van der Waals surface area contributed by atoms with Gasteiger partial charge in [0.1, 0.15) is 17.0 Å². The summed E-state index contributed by atoms with van der Waals surface area (Å²) in [5, 5.41) is 3.65. The summed E-state index contributed by atoms with van der Waals surface area (Å²) < 4.78 is 5.27. The summed E-state index contributed by atoms with van der Waals surface area (Å²) in [7, 11) is 1.51. The molecule has 0 aliphatic heterocycles. The summed E-state index contributed by atoms with van der Waals surface area (Å²) in [5.74, 6) is -0.394. The van der Waals surface area contributed by atoms with Crippen LogP contribution in [0.25, 0.3) is 10.9 Å². The van der Waals surface area contributed by atoms with Crippen molar-refractivity contribution in [2.24, 2.45) is 0 Å². The van der Waals surface area contributed by atoms with Crippen LogP contribution in [0.1, 0.15) is 27.8 Å². The maximum atomic E-state index is 12.8. The van der Waals surface area contributed by atoms with Crippen molar-refractivity contribution >= 4 is 51.5 Å². The molecule has 0 aliphatic carbocycles. The van der Waals surface area contributed by atoms with E-state index in [0.29, 0.717) is 16.7 Å². The molecule has 1 aromatic carbocycles. The lowest BCUT2D eigenvalue weighted by Crippen LogP contribution is -2.18. The van der Waals surface area contributed by atoms with Gasteiger partial charge in [-0.1, -0.05) is 35.3 Å². The number of carbonyl (C=O) groups is 2. The molecular formula is C18H13Cl2N3O3. The predicted octanol–water partition coefficient (Wildman–Crippen LogP) is 4.40. The second kappa shape index (κ2) is 7.27. The summed E-state index contributed by atoms with van der Waals surface area (Å²) in [6.45, 7) is 1.34. The van der Waals surface area contributed by atoms with Crippen LogP contribution < -0.4 is 10.1 Å². The number of halogens is 2. The van der Waals surface area contributed by atoms with Gasteiger partial charge in [0.05, 0.1) is 28.4 Å². The fourth-order valence-electron chi connectivity index (χ4n) is 2.49. The van der Waals surface area contributed by atoms with E-state index in [0.717, 1.165) is 0 Å². The number of Topliss-reactive ketones (excluding diaryl/α,β-unsaturated/α-hetero) is 1. The van der Waals surface area contributed by atoms with Gasteiger partial charge in [-0.25, -0.2) is 4.98 Å². The van der Waals surface area contributed by atoms with Gasteiger partial charge in [0, 0.05) is 24.7 Å². The molecule has 3 rings (SSSR count). The third-order valence-electron chi connectivity index (χ3n) is 3.70. The van der Waals surface area contributed by atoms with Gasteiger partial charge < -0.3 is 10.1 Å². The Labute approximate surface area is 159 Å². The number of hydrogen-bond acceptors (Lipinski definition) is 5. The molecule has 8 heteroatoms. The first-order valence-electron chi connectivity index (χ1n) is 7.51. The molecule has 1 amide bonds. The number of ketones is 1. The molecule has 0 saturated carbocycles. The van der Waals surface area contributed by atoms with E-state index >= 15 is 0 Å². The standard InChI is InChI=1S/C18H13Cl2N3O3/c1-9(24)15-11(6-10-4-3-5-14(26-2)16(10)22-15)18(25)23-17-12(19)7-21-8-13(17)20/h3-8H,1-2H3,(H,21,23,25). The normalized spacial score (nSPS) is 10.6. The lowest BCUT2D eigenvalue weighted by atomic mass is 10.1. The van der Waals surface area contributed by atoms with E-state index in [-0.39, 0.29) is 32.8 Å². The molecular weight excluding hydrogens is 377 g/mol. The highest BCUT2D eigenvalue weighted by molar-refractivity contribution is 6.39. The highest BCUT2D eigenvalue weighted by Gasteiger charge is 2.20. The molecule has 3 aromatic rings. The van der Waals surface area contributed by atoms with Crippen LogP contribution in [0.2, 0.25) is 10.0 Å². The first kappa shape index (κ1) is 18.1. The molecule has 0 bridgehead atoms. The number of rotatable bonds is 4. The van der Waals surface area contributed by atoms with Crippen LogP contribution in [-0.4, -0.2) is 28.8 Å². The van der Waals surface area contributed by atoms with E-state index in [4.69, 9.17) is 27.9 Å². The Morgan fingerprint density at radius 2 is 1.85 bits per heavy atom. The number of nitrogens with zero attached hydrogens (tertiary/aromatic N) is 2. The zero-order chi connectivity index (χ0) is 18.8. The maximum absolute atomic E-state index is 12.8. The van der Waals surface area contributed by atoms with Crippen molar-refractivity contribution in [3.63, 3.8) is 0 Å². The number of ether oxygens (including phenoxy) is 1. The van der Waals surface area contributed by atoms with Crippen LogP contribution in [-0.2, 0) is 0 Å². The fourth-order valence-corrected chi connectivity index (χ4v) is 2.95. The zero-order valence-electron chi connectivity index (χ0n) is 13.8. The summed E-state index contributed by atoms with van der Waals surface area (Å²) in [4.78, 5) is 33.0. The molecule has 0 unspecified atom stereocenters. The molecule has 0 fully saturated rings. The van der Waals surface area contributed by atoms with Crippen LogP contribution in [0.15, 0.2) is 36.7 Å². The zero-order valence-corrected chi connectivity index (χ0v) is 15.4. The van der Waals surface area contributed by atoms with E-state index in [1.54, 1.807) is 24.3 Å². The Morgan fingerprint density at radius 1 is 1.15 bits per heavy atom. The number of fused-ring (bicyclic) bond motifs is 1. The van der Waals surface area contributed by atoms with Crippen molar-refractivity contribution in [2.75, 3.05) is 12.4 Å². The van der Waals surface area contributed by atoms with Crippen molar-refractivity contribution in [1.29, 1.82) is 0 Å². The van der Waals surface area contributed by atoms with Crippen LogP contribution in [0.4, 0.5) is 5.69 Å². The molecule has 0 saturated heterocycles. The molecule has 0 aliphatic rings. The van der Waals surface area contributed by atoms with E-state index in [2.05, 4.69) is 15.3 Å². The topological polar surface area (TPSA) is 81.2 Å². The number of anilines is 1. The number of nitrogens with one attached hydrogen (secondary N) is 1. The minimum Gasteiger partial charge on any atom is -0.494 e. The largest absolute Gasteiger partial charge is 0.494 e. The Bertz CT molecular complexity index is 1020. The summed E-state index contributed by atoms with van der Waals surface area (Å²) in [6, 6.07) is 6.86. The second-order valence-electron chi connectivity index (χ2n) is 5.40. The average Bonchev–Trinajstić information content (AvgIpc) is 2.62. The number of benzene rings is 1. The quantitative estimate of drug-likeness (QED) is 0.668. The SMILES string of the molecule is COc1cccc2cc(C(=O)Nc3c(Cl)cncc3Cl)c(C(C)=O)nc12. The molecule has 2 heterocycles. The van der Waals surface area contributed by atoms with E-state index in [9.17, 15) is 9.59 Å². The summed E-state index contributed by atoms with van der Waals surface area (Å²) in [5.41, 5.74) is 0.855. The van der Waals surface area contributed by atoms with Crippen LogP contribution in [0, 0.1) is 0 Å². The van der Waals surface area contributed by atoms with Gasteiger partial charge in [0.25, 0.3) is 5.91 Å². The third kappa shape index (κ3) is 3.34. The van der Waals surface area contributed by atoms with E-state index < -0.39 is 5.91 Å². The molecule has 0 spiro atoms. The molecule has 132 valence electrons. The fraction of sp³-hybridized carbons (Fsp3) is 0.111. The first-order valence-corrected chi connectivity index (χ1v) is 8.27. The van der Waals surface area contributed by atoms with Crippen LogP contribution in [0.5, 0.6) is 5.75 Å². The summed E-state index contributed by atoms with van der Waals surface area (Å²) >= 11 is 12.1. The smallest absolute Gasteiger partial charge is 0.258 e. The van der Waals surface area contributed by atoms with Gasteiger partial charge in [-0.15, -0.1) is 0 Å². The number of hydrogen-bond donors (Lipinski definition) is 1. The number of pyridine rings is 2. The lowest BCUT2D eigenvalue weighted by molar-refractivity contribution is 0.0981. The summed E-state index contributed by atoms with van der Waals surface area (Å²) in [6.07, 6.45) is 2.72. The van der Waals surface area contributed by atoms with E-state index in [1.807, 2.05) is 0 Å². The maximum Gasteiger partial charge on any atom is 0.258 e. The third-order valence-corrected chi connectivity index (χ3v) is 4.27. The highest BCUT2D eigenvalue weighted by Crippen LogP contribution is 2.30. The Balaban J connectivity index is 2.13. The van der Waals surface area contributed by atoms with Crippen LogP contribution >= 0.6 is 23.2 Å². The molecule has 0 atom stereocenters. The van der Waals surface area contributed by atoms with Crippen molar-refractivity contribution in [1.82, 2.24) is 9.97 Å². The molecule has 6 nitrogen and oxygen atoms in total. The predicted molar refractivity (Wildman–Crippen MR) is 101 cm³/mol. The van der Waals surface area contributed by atoms with Gasteiger partial charge in [-0.2, -0.15) is 0 Å². The minimum atomic E-state index is -0.553. The number of para-hydroxylation sites is 1. The minimum absolute atomic E-state index is 0.0285. The number of amides is 1. The van der Waals surface area contributed by atoms with Gasteiger partial charge in [-0.3, -0.25) is 14.6 Å². The number of carbonyl (C=O) groups excluding carboxylic acids is 2. The highest BCUT2D eigenvalue weighted by atomic mass is 35.5. The molecule has 0 radical (unpaired) electrons. The monoisotopic (exact) mass is 389 g/mol. The molecule has 2 aromatic heterocycles. The first-order chi connectivity index (χ1) is 12.4. The Kier molecular flexibility index (Phi) is 5.06. The van der Waals surface area contributed by atoms with Crippen molar-refractivity contribution in [3.05, 3.63) is 58.0 Å². The Hall–Kier alpha value is -2.70. The van der Waals surface area contributed by atoms with Crippen LogP contribution in [0.3, 0.4) is 0 Å². The second-order valence-corrected chi connectivity index (χ2v) is 6.22. The van der Waals surface area contributed by atoms with Crippen molar-refractivity contribution in [2.45, 2.75) is 6.92 Å². The van der Waals surface area contributed by atoms with E-state index in [1.165, 1.54) is 26.4 Å². The lowest BCUT2D eigenvalue weighted by Gasteiger charge is -2.12. The van der Waals surface area contributed by atoms with Gasteiger partial charge in [0.2, 0.25) is 0 Å². The van der Waals surface area contributed by atoms with Gasteiger partial charge >= 0.3 is 0 Å². The average molecular weight is 390 g/mol. The Morgan fingerprint density at radius 3 is 2.46 bits per heavy atom. The molecule has 26 heavy (non-hydrogen) atoms. The van der Waals surface area contributed by atoms with Gasteiger partial charge in [-0.05, 0) is 12.1 Å². The van der Waals surface area contributed by atoms with Crippen molar-refractivity contribution < 1.29 is 14.3 Å².